The van der Waals surface area contributed by atoms with Gasteiger partial charge in [-0.25, -0.2) is 0 Å². The summed E-state index contributed by atoms with van der Waals surface area (Å²) in [5, 5.41) is 5.56. The quantitative estimate of drug-likeness (QED) is 0.653. The first-order chi connectivity index (χ1) is 14.6. The van der Waals surface area contributed by atoms with E-state index in [-0.39, 0.29) is 24.4 Å². The maximum Gasteiger partial charge on any atom is 0.251 e. The maximum absolute atomic E-state index is 12.4. The molecule has 30 heavy (non-hydrogen) atoms. The summed E-state index contributed by atoms with van der Waals surface area (Å²) in [6, 6.07) is 8.65. The number of nitrogens with zero attached hydrogens (tertiary/aromatic N) is 1. The van der Waals surface area contributed by atoms with Crippen molar-refractivity contribution in [2.75, 3.05) is 40.4 Å². The van der Waals surface area contributed by atoms with Gasteiger partial charge in [0, 0.05) is 18.2 Å². The van der Waals surface area contributed by atoms with Crippen LogP contribution in [-0.4, -0.2) is 57.1 Å². The first kappa shape index (κ1) is 21.7. The molecule has 0 unspecified atom stereocenters. The lowest BCUT2D eigenvalue weighted by molar-refractivity contribution is -0.120. The molecule has 0 aliphatic carbocycles. The number of methoxy groups -OCH3 is 2. The third kappa shape index (κ3) is 5.76. The molecule has 1 aliphatic rings. The Hall–Kier alpha value is -3.00. The standard InChI is InChI=1S/C22H29N3O5/c1-28-17-11-16(12-18(13-17)29-2)22(27)24-15-21(26)23-14-19(20-7-6-10-30-20)25-8-4-3-5-9-25/h6-7,10-13,19H,3-5,8-9,14-15H2,1-2H3,(H,23,26)(H,24,27)/t19-/m1/s1. The number of carbonyl (C=O) groups is 2. The number of amides is 2. The molecule has 0 spiro atoms. The smallest absolute Gasteiger partial charge is 0.251 e. The second kappa shape index (κ2) is 10.7. The van der Waals surface area contributed by atoms with Gasteiger partial charge in [-0.05, 0) is 50.2 Å². The van der Waals surface area contributed by atoms with Gasteiger partial charge in [-0.3, -0.25) is 14.5 Å². The maximum atomic E-state index is 12.4. The number of likely N-dealkylation sites (tertiary alicyclic amines) is 1. The number of piperidine rings is 1. The Morgan fingerprint density at radius 3 is 2.37 bits per heavy atom. The lowest BCUT2D eigenvalue weighted by Crippen LogP contribution is -2.43. The zero-order valence-corrected chi connectivity index (χ0v) is 17.5. The highest BCUT2D eigenvalue weighted by molar-refractivity contribution is 5.97. The zero-order valence-electron chi connectivity index (χ0n) is 17.5. The number of benzene rings is 1. The van der Waals surface area contributed by atoms with Crippen LogP contribution in [0, 0.1) is 0 Å². The van der Waals surface area contributed by atoms with Crippen LogP contribution in [0.5, 0.6) is 11.5 Å². The number of nitrogens with one attached hydrogen (secondary N) is 2. The van der Waals surface area contributed by atoms with Gasteiger partial charge >= 0.3 is 0 Å². The van der Waals surface area contributed by atoms with E-state index in [2.05, 4.69) is 15.5 Å². The third-order valence-corrected chi connectivity index (χ3v) is 5.22. The van der Waals surface area contributed by atoms with Gasteiger partial charge in [0.1, 0.15) is 17.3 Å². The molecule has 2 amide bonds. The second-order valence-corrected chi connectivity index (χ2v) is 7.22. The van der Waals surface area contributed by atoms with Crippen LogP contribution in [0.1, 0.15) is 41.4 Å². The molecule has 3 rings (SSSR count). The first-order valence-corrected chi connectivity index (χ1v) is 10.2. The predicted octanol–water partition coefficient (Wildman–Crippen LogP) is 2.37. The van der Waals surface area contributed by atoms with Crippen LogP contribution < -0.4 is 20.1 Å². The van der Waals surface area contributed by atoms with Crippen LogP contribution in [-0.2, 0) is 4.79 Å². The van der Waals surface area contributed by atoms with E-state index in [1.54, 1.807) is 24.5 Å². The average Bonchev–Trinajstić information content (AvgIpc) is 3.32. The van der Waals surface area contributed by atoms with Crippen LogP contribution in [0.4, 0.5) is 0 Å². The second-order valence-electron chi connectivity index (χ2n) is 7.22. The molecule has 162 valence electrons. The summed E-state index contributed by atoms with van der Waals surface area (Å²) in [6.07, 6.45) is 5.17. The topological polar surface area (TPSA) is 93.0 Å². The summed E-state index contributed by atoms with van der Waals surface area (Å²) >= 11 is 0. The van der Waals surface area contributed by atoms with Crippen LogP contribution in [0.2, 0.25) is 0 Å². The number of furan rings is 1. The fourth-order valence-corrected chi connectivity index (χ4v) is 3.59. The van der Waals surface area contributed by atoms with Gasteiger partial charge < -0.3 is 24.5 Å². The summed E-state index contributed by atoms with van der Waals surface area (Å²) < 4.78 is 16.0. The first-order valence-electron chi connectivity index (χ1n) is 10.2. The molecule has 1 saturated heterocycles. The Kier molecular flexibility index (Phi) is 7.73. The van der Waals surface area contributed by atoms with E-state index in [1.807, 2.05) is 12.1 Å². The lowest BCUT2D eigenvalue weighted by atomic mass is 10.1. The Morgan fingerprint density at radius 2 is 1.77 bits per heavy atom. The molecule has 2 aromatic rings. The molecule has 2 heterocycles. The lowest BCUT2D eigenvalue weighted by Gasteiger charge is -2.33. The Morgan fingerprint density at radius 1 is 1.07 bits per heavy atom. The van der Waals surface area contributed by atoms with Crippen molar-refractivity contribution in [3.63, 3.8) is 0 Å². The van der Waals surface area contributed by atoms with Gasteiger partial charge in [-0.1, -0.05) is 6.42 Å². The Balaban J connectivity index is 1.54. The fourth-order valence-electron chi connectivity index (χ4n) is 3.59. The number of carbonyl (C=O) groups excluding carboxylic acids is 2. The molecule has 8 heteroatoms. The van der Waals surface area contributed by atoms with Gasteiger partial charge in [0.2, 0.25) is 5.91 Å². The molecule has 2 N–H and O–H groups in total. The molecule has 1 aliphatic heterocycles. The van der Waals surface area contributed by atoms with Crippen molar-refractivity contribution in [3.8, 4) is 11.5 Å². The summed E-state index contributed by atoms with van der Waals surface area (Å²) in [5.41, 5.74) is 0.362. The van der Waals surface area contributed by atoms with Crippen LogP contribution in [0.25, 0.3) is 0 Å². The van der Waals surface area contributed by atoms with Gasteiger partial charge in [0.05, 0.1) is 33.1 Å². The van der Waals surface area contributed by atoms with Gasteiger partial charge in [-0.15, -0.1) is 0 Å². The average molecular weight is 415 g/mol. The summed E-state index contributed by atoms with van der Waals surface area (Å²) in [4.78, 5) is 27.1. The van der Waals surface area contributed by atoms with Crippen molar-refractivity contribution in [2.24, 2.45) is 0 Å². The molecule has 0 radical (unpaired) electrons. The van der Waals surface area contributed by atoms with E-state index < -0.39 is 0 Å². The zero-order chi connectivity index (χ0) is 21.3. The predicted molar refractivity (Wildman–Crippen MR) is 112 cm³/mol. The molecule has 0 saturated carbocycles. The van der Waals surface area contributed by atoms with Crippen molar-refractivity contribution >= 4 is 11.8 Å². The molecule has 1 aromatic heterocycles. The minimum Gasteiger partial charge on any atom is -0.497 e. The normalized spacial score (nSPS) is 15.3. The minimum absolute atomic E-state index is 0.0115. The molecule has 8 nitrogen and oxygen atoms in total. The van der Waals surface area contributed by atoms with Crippen LogP contribution >= 0.6 is 0 Å². The van der Waals surface area contributed by atoms with Crippen LogP contribution in [0.3, 0.4) is 0 Å². The number of hydrogen-bond donors (Lipinski definition) is 2. The summed E-state index contributed by atoms with van der Waals surface area (Å²) in [5.74, 6) is 1.22. The third-order valence-electron chi connectivity index (χ3n) is 5.22. The highest BCUT2D eigenvalue weighted by atomic mass is 16.5. The SMILES string of the molecule is COc1cc(OC)cc(C(=O)NCC(=O)NC[C@H](c2ccco2)N2CCCCC2)c1. The summed E-state index contributed by atoms with van der Waals surface area (Å²) in [6.45, 7) is 2.27. The number of rotatable bonds is 9. The molecule has 1 aromatic carbocycles. The molecule has 1 fully saturated rings. The number of hydrogen-bond acceptors (Lipinski definition) is 6. The number of ether oxygens (including phenoxy) is 2. The van der Waals surface area contributed by atoms with Crippen molar-refractivity contribution < 1.29 is 23.5 Å². The Labute approximate surface area is 176 Å². The van der Waals surface area contributed by atoms with E-state index in [0.29, 0.717) is 23.6 Å². The van der Waals surface area contributed by atoms with Crippen molar-refractivity contribution in [1.29, 1.82) is 0 Å². The van der Waals surface area contributed by atoms with E-state index in [9.17, 15) is 9.59 Å². The monoisotopic (exact) mass is 415 g/mol. The van der Waals surface area contributed by atoms with Gasteiger partial charge in [0.25, 0.3) is 5.91 Å². The Bertz CT molecular complexity index is 809. The van der Waals surface area contributed by atoms with Gasteiger partial charge in [-0.2, -0.15) is 0 Å². The molecular formula is C22H29N3O5. The van der Waals surface area contributed by atoms with Crippen molar-refractivity contribution in [1.82, 2.24) is 15.5 Å². The minimum atomic E-state index is -0.374. The highest BCUT2D eigenvalue weighted by Crippen LogP contribution is 2.24. The van der Waals surface area contributed by atoms with Gasteiger partial charge in [0.15, 0.2) is 0 Å². The van der Waals surface area contributed by atoms with E-state index >= 15 is 0 Å². The van der Waals surface area contributed by atoms with E-state index in [1.165, 1.54) is 20.6 Å². The van der Waals surface area contributed by atoms with E-state index in [0.717, 1.165) is 31.7 Å². The molecular weight excluding hydrogens is 386 g/mol. The molecule has 0 bridgehead atoms. The van der Waals surface area contributed by atoms with E-state index in [4.69, 9.17) is 13.9 Å². The van der Waals surface area contributed by atoms with Crippen molar-refractivity contribution in [2.45, 2.75) is 25.3 Å². The largest absolute Gasteiger partial charge is 0.497 e. The summed E-state index contributed by atoms with van der Waals surface area (Å²) in [7, 11) is 3.03. The van der Waals surface area contributed by atoms with Crippen molar-refractivity contribution in [3.05, 3.63) is 47.9 Å². The highest BCUT2D eigenvalue weighted by Gasteiger charge is 2.25. The fraction of sp³-hybridized carbons (Fsp3) is 0.455. The van der Waals surface area contributed by atoms with Crippen LogP contribution in [0.15, 0.2) is 41.0 Å². The molecule has 1 atom stereocenters.